The SMILES string of the molecule is O=c1nc(OCc2ccc(Oc3ccnc(C(F)(F)F)c3)c(F)c2)cc2n1CC1CC3(CCCCC3)CCN21. The van der Waals surface area contributed by atoms with E-state index < -0.39 is 17.7 Å². The van der Waals surface area contributed by atoms with Gasteiger partial charge in [-0.1, -0.05) is 25.3 Å². The van der Waals surface area contributed by atoms with Crippen LogP contribution in [-0.4, -0.2) is 27.1 Å². The minimum atomic E-state index is -4.64. The lowest BCUT2D eigenvalue weighted by molar-refractivity contribution is -0.141. The molecule has 0 amide bonds. The van der Waals surface area contributed by atoms with E-state index >= 15 is 0 Å². The predicted octanol–water partition coefficient (Wildman–Crippen LogP) is 6.10. The van der Waals surface area contributed by atoms with Crippen molar-refractivity contribution in [1.29, 1.82) is 0 Å². The van der Waals surface area contributed by atoms with Crippen LogP contribution >= 0.6 is 0 Å². The normalized spacial score (nSPS) is 20.0. The first kappa shape index (κ1) is 25.6. The molecule has 3 aliphatic rings. The lowest BCUT2D eigenvalue weighted by atomic mass is 9.66. The standard InChI is InChI=1S/C28H28F4N4O3/c29-21-12-18(4-5-22(21)39-20-6-10-33-23(13-20)28(30,31)32)17-38-24-14-25-35-11-9-27(7-2-1-3-8-27)15-19(35)16-36(25)26(37)34-24/h4-6,10,12-14,19H,1-3,7-9,11,15-17H2. The predicted molar refractivity (Wildman–Crippen MR) is 134 cm³/mol. The van der Waals surface area contributed by atoms with Crippen molar-refractivity contribution >= 4 is 5.82 Å². The molecular weight excluding hydrogens is 516 g/mol. The smallest absolute Gasteiger partial charge is 0.433 e. The Morgan fingerprint density at radius 3 is 2.64 bits per heavy atom. The van der Waals surface area contributed by atoms with Crippen LogP contribution in [-0.2, 0) is 19.3 Å². The summed E-state index contributed by atoms with van der Waals surface area (Å²) >= 11 is 0. The summed E-state index contributed by atoms with van der Waals surface area (Å²) in [6.07, 6.45) is 4.96. The van der Waals surface area contributed by atoms with Crippen LogP contribution < -0.4 is 20.1 Å². The molecule has 2 aliphatic heterocycles. The van der Waals surface area contributed by atoms with Gasteiger partial charge in [-0.25, -0.2) is 9.18 Å². The number of ether oxygens (including phenoxy) is 2. The molecule has 1 aliphatic carbocycles. The number of fused-ring (bicyclic) bond motifs is 3. The van der Waals surface area contributed by atoms with E-state index in [1.54, 1.807) is 10.6 Å². The Hall–Kier alpha value is -3.63. The van der Waals surface area contributed by atoms with Gasteiger partial charge in [0.2, 0.25) is 5.88 Å². The molecule has 0 N–H and O–H groups in total. The number of nitrogens with zero attached hydrogens (tertiary/aromatic N) is 4. The Bertz CT molecular complexity index is 1440. The van der Waals surface area contributed by atoms with Gasteiger partial charge >= 0.3 is 11.9 Å². The van der Waals surface area contributed by atoms with Gasteiger partial charge < -0.3 is 14.4 Å². The number of alkyl halides is 3. The first-order chi connectivity index (χ1) is 18.7. The van der Waals surface area contributed by atoms with Crippen molar-refractivity contribution in [1.82, 2.24) is 14.5 Å². The quantitative estimate of drug-likeness (QED) is 0.362. The average Bonchev–Trinajstić information content (AvgIpc) is 3.27. The van der Waals surface area contributed by atoms with Crippen LogP contribution in [0.2, 0.25) is 0 Å². The molecule has 0 bridgehead atoms. The van der Waals surface area contributed by atoms with Crippen LogP contribution in [0.1, 0.15) is 56.2 Å². The summed E-state index contributed by atoms with van der Waals surface area (Å²) in [6.45, 7) is 1.49. The molecular formula is C28H28F4N4O3. The third-order valence-corrected chi connectivity index (χ3v) is 8.19. The van der Waals surface area contributed by atoms with Crippen molar-refractivity contribution in [3.05, 3.63) is 70.2 Å². The van der Waals surface area contributed by atoms with E-state index in [2.05, 4.69) is 14.9 Å². The van der Waals surface area contributed by atoms with Crippen LogP contribution in [0.15, 0.2) is 47.4 Å². The summed E-state index contributed by atoms with van der Waals surface area (Å²) in [5.74, 6) is -0.211. The van der Waals surface area contributed by atoms with Gasteiger partial charge in [0.15, 0.2) is 11.6 Å². The molecule has 7 nitrogen and oxygen atoms in total. The van der Waals surface area contributed by atoms with Crippen molar-refractivity contribution in [2.45, 2.75) is 70.3 Å². The Morgan fingerprint density at radius 1 is 1.05 bits per heavy atom. The summed E-state index contributed by atoms with van der Waals surface area (Å²) in [4.78, 5) is 22.5. The number of hydrogen-bond acceptors (Lipinski definition) is 6. The molecule has 1 unspecified atom stereocenters. The summed E-state index contributed by atoms with van der Waals surface area (Å²) < 4.78 is 66.1. The molecule has 2 aromatic heterocycles. The zero-order valence-corrected chi connectivity index (χ0v) is 21.2. The van der Waals surface area contributed by atoms with Gasteiger partial charge in [-0.05, 0) is 54.9 Å². The van der Waals surface area contributed by atoms with Gasteiger partial charge in [-0.2, -0.15) is 18.2 Å². The number of piperidine rings is 1. The molecule has 4 heterocycles. The number of pyridine rings is 1. The molecule has 1 atom stereocenters. The molecule has 1 saturated carbocycles. The van der Waals surface area contributed by atoms with E-state index in [1.165, 1.54) is 56.4 Å². The molecule has 6 rings (SSSR count). The Balaban J connectivity index is 1.12. The van der Waals surface area contributed by atoms with E-state index in [0.29, 0.717) is 23.6 Å². The highest BCUT2D eigenvalue weighted by molar-refractivity contribution is 5.48. The zero-order chi connectivity index (χ0) is 27.2. The molecule has 206 valence electrons. The van der Waals surface area contributed by atoms with E-state index in [-0.39, 0.29) is 35.7 Å². The van der Waals surface area contributed by atoms with E-state index in [9.17, 15) is 22.4 Å². The Morgan fingerprint density at radius 2 is 1.87 bits per heavy atom. The van der Waals surface area contributed by atoms with E-state index in [0.717, 1.165) is 31.4 Å². The molecule has 1 spiro atoms. The summed E-state index contributed by atoms with van der Waals surface area (Å²) in [6, 6.07) is 8.00. The van der Waals surface area contributed by atoms with Gasteiger partial charge in [-0.15, -0.1) is 0 Å². The van der Waals surface area contributed by atoms with Gasteiger partial charge in [0.1, 0.15) is 23.9 Å². The third kappa shape index (κ3) is 5.18. The minimum absolute atomic E-state index is 0.0485. The fourth-order valence-electron chi connectivity index (χ4n) is 6.27. The van der Waals surface area contributed by atoms with Crippen LogP contribution in [0.25, 0.3) is 0 Å². The van der Waals surface area contributed by atoms with Gasteiger partial charge in [-0.3, -0.25) is 9.55 Å². The van der Waals surface area contributed by atoms with E-state index in [4.69, 9.17) is 9.47 Å². The second kappa shape index (κ2) is 9.84. The molecule has 11 heteroatoms. The van der Waals surface area contributed by atoms with Crippen LogP contribution in [0.4, 0.5) is 23.4 Å². The van der Waals surface area contributed by atoms with Crippen molar-refractivity contribution in [2.24, 2.45) is 5.41 Å². The number of hydrogen-bond donors (Lipinski definition) is 0. The lowest BCUT2D eigenvalue weighted by Crippen LogP contribution is -2.46. The third-order valence-electron chi connectivity index (χ3n) is 8.19. The maximum absolute atomic E-state index is 14.7. The summed E-state index contributed by atoms with van der Waals surface area (Å²) in [5.41, 5.74) is -0.647. The average molecular weight is 545 g/mol. The number of halogens is 4. The van der Waals surface area contributed by atoms with Crippen molar-refractivity contribution < 1.29 is 27.0 Å². The maximum atomic E-state index is 14.7. The zero-order valence-electron chi connectivity index (χ0n) is 21.2. The van der Waals surface area contributed by atoms with E-state index in [1.807, 2.05) is 0 Å². The fourth-order valence-corrected chi connectivity index (χ4v) is 6.27. The maximum Gasteiger partial charge on any atom is 0.433 e. The van der Waals surface area contributed by atoms with Crippen molar-refractivity contribution in [3.63, 3.8) is 0 Å². The van der Waals surface area contributed by atoms with Crippen LogP contribution in [0, 0.1) is 11.2 Å². The second-order valence-electron chi connectivity index (χ2n) is 10.7. The number of anilines is 1. The van der Waals surface area contributed by atoms with Crippen LogP contribution in [0.5, 0.6) is 17.4 Å². The van der Waals surface area contributed by atoms with Gasteiger partial charge in [0.05, 0.1) is 0 Å². The molecule has 1 saturated heterocycles. The summed E-state index contributed by atoms with van der Waals surface area (Å²) in [7, 11) is 0. The molecule has 39 heavy (non-hydrogen) atoms. The van der Waals surface area contributed by atoms with Crippen molar-refractivity contribution in [3.8, 4) is 17.4 Å². The van der Waals surface area contributed by atoms with Crippen molar-refractivity contribution in [2.75, 3.05) is 11.4 Å². The number of aromatic nitrogens is 3. The number of rotatable bonds is 5. The topological polar surface area (TPSA) is 69.5 Å². The lowest BCUT2D eigenvalue weighted by Gasteiger charge is -2.46. The first-order valence-electron chi connectivity index (χ1n) is 13.2. The highest BCUT2D eigenvalue weighted by atomic mass is 19.4. The summed E-state index contributed by atoms with van der Waals surface area (Å²) in [5, 5.41) is 0. The van der Waals surface area contributed by atoms with Gasteiger partial charge in [0.25, 0.3) is 0 Å². The number of benzene rings is 1. The Labute approximate surface area is 222 Å². The largest absolute Gasteiger partial charge is 0.473 e. The molecule has 3 aromatic rings. The molecule has 0 radical (unpaired) electrons. The first-order valence-corrected chi connectivity index (χ1v) is 13.2. The Kier molecular flexibility index (Phi) is 6.47. The van der Waals surface area contributed by atoms with Crippen LogP contribution in [0.3, 0.4) is 0 Å². The fraction of sp³-hybridized carbons (Fsp3) is 0.464. The minimum Gasteiger partial charge on any atom is -0.473 e. The molecule has 1 aromatic carbocycles. The monoisotopic (exact) mass is 544 g/mol. The highest BCUT2D eigenvalue weighted by Gasteiger charge is 2.44. The highest BCUT2D eigenvalue weighted by Crippen LogP contribution is 2.49. The molecule has 2 fully saturated rings. The van der Waals surface area contributed by atoms with Gasteiger partial charge in [0, 0.05) is 37.5 Å². The second-order valence-corrected chi connectivity index (χ2v) is 10.7.